The van der Waals surface area contributed by atoms with Gasteiger partial charge < -0.3 is 9.47 Å². The molecule has 2 aromatic carbocycles. The van der Waals surface area contributed by atoms with Gasteiger partial charge in [0.2, 0.25) is 0 Å². The first-order valence-electron chi connectivity index (χ1n) is 11.6. The Morgan fingerprint density at radius 2 is 1.17 bits per heavy atom. The Kier molecular flexibility index (Phi) is 12.2. The molecular weight excluding hydrogens is 368 g/mol. The normalized spacial score (nSPS) is 11.4. The van der Waals surface area contributed by atoms with E-state index in [4.69, 9.17) is 9.47 Å². The number of allylic oxidation sites excluding steroid dienone is 3. The maximum absolute atomic E-state index is 5.90. The average Bonchev–Trinajstić information content (AvgIpc) is 2.79. The number of unbranched alkanes of at least 4 members (excludes halogenated alkanes) is 7. The molecule has 0 unspecified atom stereocenters. The van der Waals surface area contributed by atoms with E-state index in [-0.39, 0.29) is 0 Å². The van der Waals surface area contributed by atoms with Gasteiger partial charge in [0.1, 0.15) is 18.1 Å². The second-order valence-corrected chi connectivity index (χ2v) is 7.64. The highest BCUT2D eigenvalue weighted by Crippen LogP contribution is 2.25. The highest BCUT2D eigenvalue weighted by molar-refractivity contribution is 5.64. The van der Waals surface area contributed by atoms with Crippen LogP contribution in [-0.2, 0) is 0 Å². The van der Waals surface area contributed by atoms with Gasteiger partial charge in [-0.1, -0.05) is 94.4 Å². The van der Waals surface area contributed by atoms with Gasteiger partial charge in [-0.2, -0.15) is 0 Å². The summed E-state index contributed by atoms with van der Waals surface area (Å²) in [5, 5.41) is 0. The number of hydrogen-bond donors (Lipinski definition) is 0. The van der Waals surface area contributed by atoms with E-state index < -0.39 is 0 Å². The number of ether oxygens (including phenoxy) is 2. The monoisotopic (exact) mass is 406 g/mol. The fourth-order valence-electron chi connectivity index (χ4n) is 3.30. The third-order valence-corrected chi connectivity index (χ3v) is 5.09. The largest absolute Gasteiger partial charge is 0.494 e. The lowest BCUT2D eigenvalue weighted by Gasteiger charge is -2.08. The standard InChI is InChI=1S/C28H38O2/c1-3-5-7-9-10-11-12-14-24-30-28-21-17-26(18-22-28)25-15-19-27(20-16-25)29-23-13-8-6-4-2/h4,6,8,13,15-22H,3,5,7,9-12,14,23-24H2,1-2H3/b6-4+,13-8+. The molecule has 0 N–H and O–H groups in total. The molecule has 0 heterocycles. The van der Waals surface area contributed by atoms with Gasteiger partial charge in [-0.05, 0) is 54.8 Å². The van der Waals surface area contributed by atoms with Crippen LogP contribution >= 0.6 is 0 Å². The van der Waals surface area contributed by atoms with Crippen molar-refractivity contribution >= 4 is 0 Å². The van der Waals surface area contributed by atoms with Crippen molar-refractivity contribution < 1.29 is 9.47 Å². The van der Waals surface area contributed by atoms with Crippen LogP contribution in [0, 0.1) is 0 Å². The van der Waals surface area contributed by atoms with Crippen molar-refractivity contribution in [3.8, 4) is 22.6 Å². The Bertz CT molecular complexity index is 726. The predicted octanol–water partition coefficient (Wildman–Crippen LogP) is 8.38. The van der Waals surface area contributed by atoms with E-state index in [0.717, 1.165) is 24.5 Å². The van der Waals surface area contributed by atoms with E-state index in [1.165, 1.54) is 56.1 Å². The molecule has 0 atom stereocenters. The summed E-state index contributed by atoms with van der Waals surface area (Å²) in [5.74, 6) is 1.84. The predicted molar refractivity (Wildman–Crippen MR) is 129 cm³/mol. The molecule has 0 aliphatic heterocycles. The molecule has 0 aromatic heterocycles. The summed E-state index contributed by atoms with van der Waals surface area (Å²) < 4.78 is 11.6. The molecule has 2 nitrogen and oxygen atoms in total. The van der Waals surface area contributed by atoms with Crippen LogP contribution in [-0.4, -0.2) is 13.2 Å². The fourth-order valence-corrected chi connectivity index (χ4v) is 3.30. The highest BCUT2D eigenvalue weighted by atomic mass is 16.5. The quantitative estimate of drug-likeness (QED) is 0.218. The van der Waals surface area contributed by atoms with E-state index in [1.807, 2.05) is 43.4 Å². The first-order valence-corrected chi connectivity index (χ1v) is 11.6. The smallest absolute Gasteiger partial charge is 0.119 e. The summed E-state index contributed by atoms with van der Waals surface area (Å²) in [6.45, 7) is 5.65. The Labute approximate surface area is 183 Å². The lowest BCUT2D eigenvalue weighted by molar-refractivity contribution is 0.304. The second kappa shape index (κ2) is 15.4. The summed E-state index contributed by atoms with van der Waals surface area (Å²) in [6, 6.07) is 16.6. The van der Waals surface area contributed by atoms with E-state index in [2.05, 4.69) is 43.3 Å². The van der Waals surface area contributed by atoms with E-state index in [1.54, 1.807) is 0 Å². The summed E-state index contributed by atoms with van der Waals surface area (Å²) in [6.07, 6.45) is 18.6. The first kappa shape index (κ1) is 23.8. The molecule has 2 rings (SSSR count). The van der Waals surface area contributed by atoms with Crippen LogP contribution < -0.4 is 9.47 Å². The summed E-state index contributed by atoms with van der Waals surface area (Å²) in [5.41, 5.74) is 2.37. The van der Waals surface area contributed by atoms with Crippen LogP contribution in [0.5, 0.6) is 11.5 Å². The summed E-state index contributed by atoms with van der Waals surface area (Å²) in [7, 11) is 0. The Hall–Kier alpha value is -2.48. The lowest BCUT2D eigenvalue weighted by atomic mass is 10.1. The molecule has 0 amide bonds. The highest BCUT2D eigenvalue weighted by Gasteiger charge is 2.00. The van der Waals surface area contributed by atoms with Crippen LogP contribution in [0.25, 0.3) is 11.1 Å². The van der Waals surface area contributed by atoms with Crippen LogP contribution in [0.2, 0.25) is 0 Å². The molecule has 0 spiro atoms. The molecular formula is C28H38O2. The van der Waals surface area contributed by atoms with Gasteiger partial charge in [0.05, 0.1) is 6.61 Å². The third-order valence-electron chi connectivity index (χ3n) is 5.09. The maximum atomic E-state index is 5.90. The van der Waals surface area contributed by atoms with Crippen LogP contribution in [0.4, 0.5) is 0 Å². The van der Waals surface area contributed by atoms with Crippen LogP contribution in [0.3, 0.4) is 0 Å². The van der Waals surface area contributed by atoms with Gasteiger partial charge in [0.15, 0.2) is 0 Å². The average molecular weight is 407 g/mol. The molecule has 0 radical (unpaired) electrons. The SMILES string of the molecule is C/C=C/C=C/COc1ccc(-c2ccc(OCCCCCCCCCC)cc2)cc1. The van der Waals surface area contributed by atoms with Gasteiger partial charge in [-0.25, -0.2) is 0 Å². The van der Waals surface area contributed by atoms with Gasteiger partial charge in [0, 0.05) is 0 Å². The zero-order valence-electron chi connectivity index (χ0n) is 18.8. The second-order valence-electron chi connectivity index (χ2n) is 7.64. The minimum absolute atomic E-state index is 0.578. The van der Waals surface area contributed by atoms with Crippen molar-refractivity contribution in [1.82, 2.24) is 0 Å². The molecule has 2 heteroatoms. The molecule has 0 saturated heterocycles. The number of benzene rings is 2. The van der Waals surface area contributed by atoms with Crippen molar-refractivity contribution in [2.24, 2.45) is 0 Å². The van der Waals surface area contributed by atoms with Gasteiger partial charge in [-0.15, -0.1) is 0 Å². The molecule has 0 aliphatic carbocycles. The third kappa shape index (κ3) is 9.82. The van der Waals surface area contributed by atoms with Gasteiger partial charge >= 0.3 is 0 Å². The van der Waals surface area contributed by atoms with Crippen molar-refractivity contribution in [1.29, 1.82) is 0 Å². The van der Waals surface area contributed by atoms with Crippen molar-refractivity contribution in [2.45, 2.75) is 65.2 Å². The van der Waals surface area contributed by atoms with Crippen molar-refractivity contribution in [3.05, 3.63) is 72.8 Å². The molecule has 2 aromatic rings. The molecule has 0 bridgehead atoms. The van der Waals surface area contributed by atoms with Crippen LogP contribution in [0.15, 0.2) is 72.8 Å². The summed E-state index contributed by atoms with van der Waals surface area (Å²) in [4.78, 5) is 0. The van der Waals surface area contributed by atoms with E-state index in [0.29, 0.717) is 6.61 Å². The van der Waals surface area contributed by atoms with E-state index >= 15 is 0 Å². The fraction of sp³-hybridized carbons (Fsp3) is 0.429. The topological polar surface area (TPSA) is 18.5 Å². The van der Waals surface area contributed by atoms with Gasteiger partial charge in [0.25, 0.3) is 0 Å². The molecule has 0 aliphatic rings. The molecule has 30 heavy (non-hydrogen) atoms. The van der Waals surface area contributed by atoms with Crippen LogP contribution in [0.1, 0.15) is 65.2 Å². The zero-order chi connectivity index (χ0) is 21.3. The molecule has 162 valence electrons. The lowest BCUT2D eigenvalue weighted by Crippen LogP contribution is -1.97. The van der Waals surface area contributed by atoms with Gasteiger partial charge in [-0.3, -0.25) is 0 Å². The van der Waals surface area contributed by atoms with Crippen molar-refractivity contribution in [2.75, 3.05) is 13.2 Å². The molecule has 0 saturated carbocycles. The number of rotatable bonds is 15. The Morgan fingerprint density at radius 3 is 1.73 bits per heavy atom. The number of hydrogen-bond acceptors (Lipinski definition) is 2. The first-order chi connectivity index (χ1) is 14.8. The van der Waals surface area contributed by atoms with Crippen molar-refractivity contribution in [3.63, 3.8) is 0 Å². The van der Waals surface area contributed by atoms with E-state index in [9.17, 15) is 0 Å². The Balaban J connectivity index is 1.67. The minimum Gasteiger partial charge on any atom is -0.494 e. The minimum atomic E-state index is 0.578. The summed E-state index contributed by atoms with van der Waals surface area (Å²) >= 11 is 0. The molecule has 0 fully saturated rings. The Morgan fingerprint density at radius 1 is 0.633 bits per heavy atom. The maximum Gasteiger partial charge on any atom is 0.119 e. The zero-order valence-corrected chi connectivity index (χ0v) is 18.8.